The van der Waals surface area contributed by atoms with Crippen LogP contribution in [0.3, 0.4) is 0 Å². The Morgan fingerprint density at radius 3 is 2.47 bits per heavy atom. The third-order valence-electron chi connectivity index (χ3n) is 6.23. The van der Waals surface area contributed by atoms with E-state index in [9.17, 15) is 4.79 Å². The number of amides is 1. The summed E-state index contributed by atoms with van der Waals surface area (Å²) in [7, 11) is 3.29. The van der Waals surface area contributed by atoms with Gasteiger partial charge in [-0.3, -0.25) is 4.79 Å². The minimum atomic E-state index is 0.278. The molecule has 2 aromatic carbocycles. The van der Waals surface area contributed by atoms with Crippen molar-refractivity contribution in [3.8, 4) is 11.5 Å². The lowest BCUT2D eigenvalue weighted by atomic mass is 9.89. The Hall–Kier alpha value is -2.95. The molecule has 2 heterocycles. The summed E-state index contributed by atoms with van der Waals surface area (Å²) in [6, 6.07) is 14.6. The van der Waals surface area contributed by atoms with Crippen LogP contribution in [0.2, 0.25) is 0 Å². The average molecular weight is 407 g/mol. The predicted octanol–water partition coefficient (Wildman–Crippen LogP) is 4.91. The number of hydrogen-bond acceptors (Lipinski definition) is 3. The van der Waals surface area contributed by atoms with E-state index in [-0.39, 0.29) is 5.91 Å². The first-order valence-electron chi connectivity index (χ1n) is 10.7. The Morgan fingerprint density at radius 2 is 1.77 bits per heavy atom. The molecule has 0 spiro atoms. The molecule has 0 bridgehead atoms. The lowest BCUT2D eigenvalue weighted by Crippen LogP contribution is -2.37. The number of nitrogens with zero attached hydrogens (tertiary/aromatic N) is 1. The number of carbonyl (C=O) groups is 1. The molecule has 3 aromatic rings. The van der Waals surface area contributed by atoms with Crippen LogP contribution in [0.1, 0.15) is 42.7 Å². The quantitative estimate of drug-likeness (QED) is 0.606. The number of piperidine rings is 1. The molecule has 0 radical (unpaired) electrons. The van der Waals surface area contributed by atoms with E-state index in [4.69, 9.17) is 9.47 Å². The summed E-state index contributed by atoms with van der Waals surface area (Å²) in [5, 5.41) is 1.13. The Morgan fingerprint density at radius 1 is 1.07 bits per heavy atom. The van der Waals surface area contributed by atoms with Crippen molar-refractivity contribution in [3.63, 3.8) is 0 Å². The van der Waals surface area contributed by atoms with Gasteiger partial charge in [0.1, 0.15) is 0 Å². The number of likely N-dealkylation sites (tertiary alicyclic amines) is 1. The van der Waals surface area contributed by atoms with Crippen LogP contribution in [0.5, 0.6) is 11.5 Å². The molecule has 1 saturated heterocycles. The highest BCUT2D eigenvalue weighted by Gasteiger charge is 2.23. The molecule has 30 heavy (non-hydrogen) atoms. The molecule has 5 nitrogen and oxygen atoms in total. The van der Waals surface area contributed by atoms with Crippen molar-refractivity contribution in [2.45, 2.75) is 38.0 Å². The Bertz CT molecular complexity index is 988. The second-order valence-corrected chi connectivity index (χ2v) is 7.99. The zero-order valence-corrected chi connectivity index (χ0v) is 17.8. The second kappa shape index (κ2) is 9.24. The normalized spacial score (nSPS) is 14.8. The van der Waals surface area contributed by atoms with Crippen molar-refractivity contribution in [2.75, 3.05) is 27.3 Å². The van der Waals surface area contributed by atoms with Gasteiger partial charge in [-0.25, -0.2) is 0 Å². The standard InChI is InChI=1S/C25H30N2O3/c1-29-23-15-21-20(17-26-22(21)16-24(23)30-2)9-6-10-25(28)27-13-11-19(12-14-27)18-7-4-3-5-8-18/h3-5,7-8,15-17,19,26H,6,9-14H2,1-2H3. The topological polar surface area (TPSA) is 54.6 Å². The van der Waals surface area contributed by atoms with E-state index in [1.807, 2.05) is 23.2 Å². The van der Waals surface area contributed by atoms with Gasteiger partial charge >= 0.3 is 0 Å². The van der Waals surface area contributed by atoms with Crippen molar-refractivity contribution < 1.29 is 14.3 Å². The van der Waals surface area contributed by atoms with Crippen molar-refractivity contribution in [1.29, 1.82) is 0 Å². The van der Waals surface area contributed by atoms with Gasteiger partial charge in [0.05, 0.1) is 14.2 Å². The van der Waals surface area contributed by atoms with Crippen molar-refractivity contribution in [3.05, 3.63) is 59.8 Å². The van der Waals surface area contributed by atoms with Gasteiger partial charge in [-0.1, -0.05) is 30.3 Å². The van der Waals surface area contributed by atoms with E-state index >= 15 is 0 Å². The molecule has 0 unspecified atom stereocenters. The highest BCUT2D eigenvalue weighted by atomic mass is 16.5. The summed E-state index contributed by atoms with van der Waals surface area (Å²) >= 11 is 0. The van der Waals surface area contributed by atoms with E-state index in [0.717, 1.165) is 55.4 Å². The summed E-state index contributed by atoms with van der Waals surface area (Å²) < 4.78 is 10.8. The van der Waals surface area contributed by atoms with Gasteiger partial charge in [-0.2, -0.15) is 0 Å². The van der Waals surface area contributed by atoms with Gasteiger partial charge in [0.15, 0.2) is 11.5 Å². The summed E-state index contributed by atoms with van der Waals surface area (Å²) in [5.41, 5.74) is 3.63. The lowest BCUT2D eigenvalue weighted by Gasteiger charge is -2.32. The summed E-state index contributed by atoms with van der Waals surface area (Å²) in [6.07, 6.45) is 6.44. The molecule has 0 aliphatic carbocycles. The zero-order chi connectivity index (χ0) is 20.9. The molecule has 5 heteroatoms. The summed E-state index contributed by atoms with van der Waals surface area (Å²) in [6.45, 7) is 1.73. The maximum atomic E-state index is 12.7. The highest BCUT2D eigenvalue weighted by Crippen LogP contribution is 2.34. The number of hydrogen-bond donors (Lipinski definition) is 1. The minimum Gasteiger partial charge on any atom is -0.493 e. The van der Waals surface area contributed by atoms with E-state index in [1.165, 1.54) is 11.1 Å². The Kier molecular flexibility index (Phi) is 6.26. The molecule has 4 rings (SSSR count). The Balaban J connectivity index is 1.30. The number of benzene rings is 2. The van der Waals surface area contributed by atoms with Crippen LogP contribution in [0.25, 0.3) is 10.9 Å². The number of rotatable bonds is 7. The summed E-state index contributed by atoms with van der Waals surface area (Å²) in [5.74, 6) is 2.30. The number of ether oxygens (including phenoxy) is 2. The lowest BCUT2D eigenvalue weighted by molar-refractivity contribution is -0.132. The van der Waals surface area contributed by atoms with Crippen LogP contribution < -0.4 is 9.47 Å². The third kappa shape index (κ3) is 4.30. The molecule has 158 valence electrons. The fourth-order valence-corrected chi connectivity index (χ4v) is 4.49. The van der Waals surface area contributed by atoms with Gasteiger partial charge in [-0.05, 0) is 48.8 Å². The fourth-order valence-electron chi connectivity index (χ4n) is 4.49. The Labute approximate surface area is 178 Å². The van der Waals surface area contributed by atoms with Gasteiger partial charge in [0, 0.05) is 42.7 Å². The van der Waals surface area contributed by atoms with E-state index in [1.54, 1.807) is 14.2 Å². The van der Waals surface area contributed by atoms with Gasteiger partial charge in [0.2, 0.25) is 5.91 Å². The first kappa shape index (κ1) is 20.3. The van der Waals surface area contributed by atoms with Crippen molar-refractivity contribution >= 4 is 16.8 Å². The number of methoxy groups -OCH3 is 2. The molecule has 1 fully saturated rings. The van der Waals surface area contributed by atoms with Crippen LogP contribution >= 0.6 is 0 Å². The third-order valence-corrected chi connectivity index (χ3v) is 6.23. The maximum absolute atomic E-state index is 12.7. The number of aromatic nitrogens is 1. The predicted molar refractivity (Wildman–Crippen MR) is 119 cm³/mol. The highest BCUT2D eigenvalue weighted by molar-refractivity contribution is 5.86. The summed E-state index contributed by atoms with van der Waals surface area (Å²) in [4.78, 5) is 18.0. The van der Waals surface area contributed by atoms with Crippen LogP contribution in [-0.2, 0) is 11.2 Å². The molecular weight excluding hydrogens is 376 g/mol. The van der Waals surface area contributed by atoms with Crippen LogP contribution in [-0.4, -0.2) is 43.1 Å². The number of carbonyl (C=O) groups excluding carboxylic acids is 1. The van der Waals surface area contributed by atoms with E-state index in [0.29, 0.717) is 18.1 Å². The first-order valence-corrected chi connectivity index (χ1v) is 10.7. The van der Waals surface area contributed by atoms with Crippen molar-refractivity contribution in [1.82, 2.24) is 9.88 Å². The number of fused-ring (bicyclic) bond motifs is 1. The SMILES string of the molecule is COc1cc2[nH]cc(CCCC(=O)N3CCC(c4ccccc4)CC3)c2cc1OC. The molecule has 1 aromatic heterocycles. The molecule has 1 amide bonds. The molecule has 1 N–H and O–H groups in total. The molecule has 1 aliphatic heterocycles. The number of H-pyrrole nitrogens is 1. The average Bonchev–Trinajstić information content (AvgIpc) is 3.20. The van der Waals surface area contributed by atoms with Gasteiger partial charge in [-0.15, -0.1) is 0 Å². The van der Waals surface area contributed by atoms with E-state index in [2.05, 4.69) is 35.3 Å². The molecule has 0 atom stereocenters. The monoisotopic (exact) mass is 406 g/mol. The van der Waals surface area contributed by atoms with Gasteiger partial charge in [0.25, 0.3) is 0 Å². The smallest absolute Gasteiger partial charge is 0.222 e. The minimum absolute atomic E-state index is 0.278. The van der Waals surface area contributed by atoms with Crippen LogP contribution in [0, 0.1) is 0 Å². The van der Waals surface area contributed by atoms with Crippen molar-refractivity contribution in [2.24, 2.45) is 0 Å². The fraction of sp³-hybridized carbons (Fsp3) is 0.400. The first-order chi connectivity index (χ1) is 14.7. The number of nitrogens with one attached hydrogen (secondary N) is 1. The molecule has 1 aliphatic rings. The molecular formula is C25H30N2O3. The second-order valence-electron chi connectivity index (χ2n) is 7.99. The van der Waals surface area contributed by atoms with Crippen LogP contribution in [0.15, 0.2) is 48.7 Å². The van der Waals surface area contributed by atoms with Gasteiger partial charge < -0.3 is 19.4 Å². The van der Waals surface area contributed by atoms with Crippen LogP contribution in [0.4, 0.5) is 0 Å². The molecule has 0 saturated carbocycles. The zero-order valence-electron chi connectivity index (χ0n) is 17.8. The maximum Gasteiger partial charge on any atom is 0.222 e. The largest absolute Gasteiger partial charge is 0.493 e. The number of aryl methyl sites for hydroxylation is 1. The van der Waals surface area contributed by atoms with E-state index < -0.39 is 0 Å². The number of aromatic amines is 1.